The molecule has 1 aliphatic rings. The molecule has 0 aliphatic heterocycles. The quantitative estimate of drug-likeness (QED) is 0.116. The van der Waals surface area contributed by atoms with Gasteiger partial charge < -0.3 is 33.3 Å². The second kappa shape index (κ2) is 20.8. The van der Waals surface area contributed by atoms with Crippen molar-refractivity contribution in [3.8, 4) is 11.1 Å². The predicted molar refractivity (Wildman–Crippen MR) is 165 cm³/mol. The maximum absolute atomic E-state index is 12.6. The fraction of sp³-hybridized carbons (Fsp3) is 0.588. The molecule has 238 valence electrons. The van der Waals surface area contributed by atoms with Gasteiger partial charge in [0.1, 0.15) is 13.2 Å². The van der Waals surface area contributed by atoms with Gasteiger partial charge in [-0.15, -0.1) is 0 Å². The van der Waals surface area contributed by atoms with Crippen LogP contribution in [0.1, 0.15) is 62.5 Å². The van der Waals surface area contributed by atoms with Gasteiger partial charge in [-0.3, -0.25) is 4.79 Å². The van der Waals surface area contributed by atoms with Crippen LogP contribution in [0.25, 0.3) is 11.1 Å². The molecule has 43 heavy (non-hydrogen) atoms. The second-order valence-corrected chi connectivity index (χ2v) is 10.6. The number of carbonyl (C=O) groups excluding carboxylic acids is 2. The zero-order valence-corrected chi connectivity index (χ0v) is 25.9. The van der Waals surface area contributed by atoms with Crippen LogP contribution < -0.4 is 0 Å². The first-order valence-corrected chi connectivity index (χ1v) is 15.6. The molecule has 3 rings (SSSR count). The summed E-state index contributed by atoms with van der Waals surface area (Å²) in [5.41, 5.74) is 4.80. The lowest BCUT2D eigenvalue weighted by Crippen LogP contribution is -2.32. The van der Waals surface area contributed by atoms with Crippen molar-refractivity contribution in [2.45, 2.75) is 51.4 Å². The summed E-state index contributed by atoms with van der Waals surface area (Å²) in [6, 6.07) is 16.6. The van der Waals surface area contributed by atoms with Crippen LogP contribution in [0.5, 0.6) is 0 Å². The number of esters is 1. The molecule has 2 aromatic rings. The molecule has 0 spiro atoms. The molecule has 0 bridgehead atoms. The van der Waals surface area contributed by atoms with Crippen molar-refractivity contribution in [3.63, 3.8) is 0 Å². The summed E-state index contributed by atoms with van der Waals surface area (Å²) in [5.74, 6) is -0.110. The summed E-state index contributed by atoms with van der Waals surface area (Å²) < 4.78 is 32.8. The van der Waals surface area contributed by atoms with Gasteiger partial charge in [0.05, 0.1) is 52.9 Å². The standard InChI is InChI=1S/C34H49NO8/c1-3-4-5-6-7-16-33(36)42-26-25-41-24-23-40-22-21-39-20-19-38-18-17-35(2)34(37)43-27-32-30-14-10-8-12-28(30)29-13-9-11-15-31(29)32/h8-15,32H,3-7,16-27H2,1-2H3. The first-order chi connectivity index (χ1) is 21.1. The Kier molecular flexibility index (Phi) is 16.7. The number of amides is 1. The van der Waals surface area contributed by atoms with Gasteiger partial charge in [-0.1, -0.05) is 81.1 Å². The molecule has 9 heteroatoms. The van der Waals surface area contributed by atoms with E-state index in [1.165, 1.54) is 46.4 Å². The first kappa shape index (κ1) is 34.5. The van der Waals surface area contributed by atoms with Gasteiger partial charge >= 0.3 is 12.1 Å². The van der Waals surface area contributed by atoms with Crippen LogP contribution in [0, 0.1) is 0 Å². The van der Waals surface area contributed by atoms with Crippen LogP contribution in [-0.2, 0) is 33.2 Å². The Balaban J connectivity index is 1.10. The third kappa shape index (κ3) is 12.6. The molecule has 1 aliphatic carbocycles. The van der Waals surface area contributed by atoms with Crippen LogP contribution in [0.4, 0.5) is 4.79 Å². The Morgan fingerprint density at radius 3 is 1.74 bits per heavy atom. The summed E-state index contributed by atoms with van der Waals surface area (Å²) in [7, 11) is 1.71. The van der Waals surface area contributed by atoms with Crippen LogP contribution in [0.15, 0.2) is 48.5 Å². The number of ether oxygens (including phenoxy) is 6. The largest absolute Gasteiger partial charge is 0.463 e. The lowest BCUT2D eigenvalue weighted by Gasteiger charge is -2.19. The van der Waals surface area contributed by atoms with Crippen LogP contribution in [0.3, 0.4) is 0 Å². The Labute approximate surface area is 256 Å². The van der Waals surface area contributed by atoms with Crippen molar-refractivity contribution in [1.29, 1.82) is 0 Å². The van der Waals surface area contributed by atoms with E-state index in [-0.39, 0.29) is 24.6 Å². The molecule has 9 nitrogen and oxygen atoms in total. The molecule has 0 radical (unpaired) electrons. The number of likely N-dealkylation sites (N-methyl/N-ethyl adjacent to an activating group) is 1. The minimum atomic E-state index is -0.364. The number of carbonyl (C=O) groups is 2. The van der Waals surface area contributed by atoms with Crippen molar-refractivity contribution in [1.82, 2.24) is 4.90 Å². The highest BCUT2D eigenvalue weighted by Gasteiger charge is 2.29. The minimum absolute atomic E-state index is 0.0424. The summed E-state index contributed by atoms with van der Waals surface area (Å²) in [6.07, 6.45) is 5.69. The predicted octanol–water partition coefficient (Wildman–Crippen LogP) is 5.84. The number of rotatable bonds is 23. The third-order valence-corrected chi connectivity index (χ3v) is 7.31. The molecule has 2 aromatic carbocycles. The maximum Gasteiger partial charge on any atom is 0.409 e. The monoisotopic (exact) mass is 599 g/mol. The molecule has 0 aromatic heterocycles. The van der Waals surface area contributed by atoms with Gasteiger partial charge in [0, 0.05) is 25.9 Å². The van der Waals surface area contributed by atoms with Gasteiger partial charge in [-0.05, 0) is 28.7 Å². The number of nitrogens with zero attached hydrogens (tertiary/aromatic N) is 1. The van der Waals surface area contributed by atoms with Gasteiger partial charge in [-0.2, -0.15) is 0 Å². The molecule has 0 saturated heterocycles. The van der Waals surface area contributed by atoms with E-state index in [4.69, 9.17) is 28.4 Å². The zero-order valence-electron chi connectivity index (χ0n) is 25.9. The maximum atomic E-state index is 12.6. The van der Waals surface area contributed by atoms with E-state index in [0.717, 1.165) is 12.8 Å². The molecule has 1 amide bonds. The van der Waals surface area contributed by atoms with Crippen LogP contribution >= 0.6 is 0 Å². The van der Waals surface area contributed by atoms with E-state index < -0.39 is 0 Å². The average molecular weight is 600 g/mol. The van der Waals surface area contributed by atoms with Gasteiger partial charge in [0.25, 0.3) is 0 Å². The number of hydrogen-bond acceptors (Lipinski definition) is 8. The number of hydrogen-bond donors (Lipinski definition) is 0. The highest BCUT2D eigenvalue weighted by Crippen LogP contribution is 2.44. The van der Waals surface area contributed by atoms with Crippen molar-refractivity contribution < 1.29 is 38.0 Å². The number of benzene rings is 2. The first-order valence-electron chi connectivity index (χ1n) is 15.6. The summed E-state index contributed by atoms with van der Waals surface area (Å²) in [5, 5.41) is 0. The topological polar surface area (TPSA) is 92.8 Å². The summed E-state index contributed by atoms with van der Waals surface area (Å²) >= 11 is 0. The lowest BCUT2D eigenvalue weighted by atomic mass is 9.98. The summed E-state index contributed by atoms with van der Waals surface area (Å²) in [6.45, 7) is 6.62. The smallest absolute Gasteiger partial charge is 0.409 e. The normalized spacial score (nSPS) is 12.1. The Morgan fingerprint density at radius 2 is 1.16 bits per heavy atom. The summed E-state index contributed by atoms with van der Waals surface area (Å²) in [4.78, 5) is 25.7. The van der Waals surface area contributed by atoms with Crippen LogP contribution in [-0.4, -0.2) is 96.6 Å². The Morgan fingerprint density at radius 1 is 0.651 bits per heavy atom. The fourth-order valence-electron chi connectivity index (χ4n) is 4.92. The highest BCUT2D eigenvalue weighted by atomic mass is 16.6. The molecule has 0 N–H and O–H groups in total. The van der Waals surface area contributed by atoms with E-state index in [1.54, 1.807) is 7.05 Å². The molecule has 0 atom stereocenters. The SMILES string of the molecule is CCCCCCCC(=O)OCCOCCOCCOCCOCCN(C)C(=O)OCC1c2ccccc2-c2ccccc21. The second-order valence-electron chi connectivity index (χ2n) is 10.6. The third-order valence-electron chi connectivity index (χ3n) is 7.31. The Hall–Kier alpha value is -2.98. The van der Waals surface area contributed by atoms with E-state index in [2.05, 4.69) is 31.2 Å². The molecule has 0 fully saturated rings. The van der Waals surface area contributed by atoms with Crippen molar-refractivity contribution in [2.24, 2.45) is 0 Å². The van der Waals surface area contributed by atoms with Crippen molar-refractivity contribution in [2.75, 3.05) is 79.7 Å². The molecular weight excluding hydrogens is 550 g/mol. The van der Waals surface area contributed by atoms with Crippen molar-refractivity contribution >= 4 is 12.1 Å². The van der Waals surface area contributed by atoms with E-state index >= 15 is 0 Å². The van der Waals surface area contributed by atoms with Gasteiger partial charge in [0.2, 0.25) is 0 Å². The van der Waals surface area contributed by atoms with Gasteiger partial charge in [0.15, 0.2) is 0 Å². The minimum Gasteiger partial charge on any atom is -0.463 e. The van der Waals surface area contributed by atoms with Gasteiger partial charge in [-0.25, -0.2) is 4.79 Å². The number of fused-ring (bicyclic) bond motifs is 3. The molecule has 0 saturated carbocycles. The van der Waals surface area contributed by atoms with Crippen LogP contribution in [0.2, 0.25) is 0 Å². The average Bonchev–Trinajstić information content (AvgIpc) is 3.35. The lowest BCUT2D eigenvalue weighted by molar-refractivity contribution is -0.145. The molecular formula is C34H49NO8. The van der Waals surface area contributed by atoms with Crippen molar-refractivity contribution in [3.05, 3.63) is 59.7 Å². The molecule has 0 heterocycles. The van der Waals surface area contributed by atoms with E-state index in [0.29, 0.717) is 72.4 Å². The Bertz CT molecular complexity index is 1030. The number of unbranched alkanes of at least 4 members (excludes halogenated alkanes) is 4. The van der Waals surface area contributed by atoms with E-state index in [1.807, 2.05) is 24.3 Å². The highest BCUT2D eigenvalue weighted by molar-refractivity contribution is 5.79. The van der Waals surface area contributed by atoms with E-state index in [9.17, 15) is 9.59 Å². The fourth-order valence-corrected chi connectivity index (χ4v) is 4.92. The zero-order chi connectivity index (χ0) is 30.5. The molecule has 0 unspecified atom stereocenters.